The van der Waals surface area contributed by atoms with Gasteiger partial charge in [-0.1, -0.05) is 32.6 Å². The lowest BCUT2D eigenvalue weighted by atomic mass is 9.72. The number of anilines is 1. The Bertz CT molecular complexity index is 806. The van der Waals surface area contributed by atoms with Gasteiger partial charge in [-0.3, -0.25) is 0 Å². The molecule has 1 spiro atoms. The quantitative estimate of drug-likeness (QED) is 0.759. The Hall–Kier alpha value is -2.21. The molecule has 4 aliphatic rings. The first-order valence-electron chi connectivity index (χ1n) is 12.3. The zero-order valence-corrected chi connectivity index (χ0v) is 20.1. The van der Waals surface area contributed by atoms with Gasteiger partial charge in [0.05, 0.1) is 0 Å². The molecule has 4 fully saturated rings. The number of carbonyl (C=O) groups is 1. The zero-order valence-electron chi connectivity index (χ0n) is 20.1. The first-order valence-corrected chi connectivity index (χ1v) is 12.3. The van der Waals surface area contributed by atoms with E-state index in [0.717, 1.165) is 64.2 Å². The molecule has 6 heteroatoms. The topological polar surface area (TPSA) is 64.8 Å². The molecule has 0 aromatic heterocycles. The van der Waals surface area contributed by atoms with Crippen molar-refractivity contribution in [1.29, 1.82) is 0 Å². The van der Waals surface area contributed by atoms with Gasteiger partial charge in [0.15, 0.2) is 0 Å². The highest BCUT2D eigenvalue weighted by Gasteiger charge is 2.54. The summed E-state index contributed by atoms with van der Waals surface area (Å²) in [5, 5.41) is 3.54. The minimum Gasteiger partial charge on any atom is -0.384 e. The molecule has 0 radical (unpaired) electrons. The number of allylic oxidation sites excluding steroid dienone is 1. The van der Waals surface area contributed by atoms with Crippen molar-refractivity contribution < 1.29 is 4.79 Å². The van der Waals surface area contributed by atoms with Crippen molar-refractivity contribution in [2.45, 2.75) is 45.6 Å². The molecule has 2 atom stereocenters. The van der Waals surface area contributed by atoms with Gasteiger partial charge in [-0.05, 0) is 62.3 Å². The van der Waals surface area contributed by atoms with E-state index in [0.29, 0.717) is 23.3 Å². The predicted octanol–water partition coefficient (Wildman–Crippen LogP) is 3.29. The van der Waals surface area contributed by atoms with Crippen LogP contribution in [0.4, 0.5) is 10.5 Å². The summed E-state index contributed by atoms with van der Waals surface area (Å²) in [5.74, 6) is 1.40. The molecule has 6 nitrogen and oxygen atoms in total. The fraction of sp³-hybridized carbons (Fsp3) is 0.654. The van der Waals surface area contributed by atoms with Crippen LogP contribution in [0.1, 0.15) is 38.7 Å². The van der Waals surface area contributed by atoms with Gasteiger partial charge in [-0.25, -0.2) is 4.79 Å². The summed E-state index contributed by atoms with van der Waals surface area (Å²) in [6.45, 7) is 14.4. The van der Waals surface area contributed by atoms with Gasteiger partial charge in [-0.15, -0.1) is 0 Å². The molecule has 0 saturated carbocycles. The van der Waals surface area contributed by atoms with Gasteiger partial charge in [0.1, 0.15) is 0 Å². The minimum atomic E-state index is 0.244. The first kappa shape index (κ1) is 23.0. The van der Waals surface area contributed by atoms with Crippen LogP contribution in [0.2, 0.25) is 0 Å². The molecular formula is C26H41N5O. The van der Waals surface area contributed by atoms with Crippen LogP contribution < -0.4 is 16.0 Å². The number of fused-ring (bicyclic) bond motifs is 1. The Kier molecular flexibility index (Phi) is 6.70. The molecule has 1 aromatic carbocycles. The summed E-state index contributed by atoms with van der Waals surface area (Å²) < 4.78 is 0. The number of hydrogen-bond donors (Lipinski definition) is 2. The third kappa shape index (κ3) is 4.61. The monoisotopic (exact) mass is 439 g/mol. The Morgan fingerprint density at radius 2 is 1.81 bits per heavy atom. The van der Waals surface area contributed by atoms with Crippen LogP contribution in [0.25, 0.3) is 0 Å². The van der Waals surface area contributed by atoms with Crippen molar-refractivity contribution in [3.63, 3.8) is 0 Å². The number of piperidine rings is 2. The molecule has 0 aliphatic carbocycles. The molecule has 2 unspecified atom stereocenters. The maximum absolute atomic E-state index is 13.0. The Labute approximate surface area is 193 Å². The molecule has 3 N–H and O–H groups in total. The fourth-order valence-corrected chi connectivity index (χ4v) is 5.94. The minimum absolute atomic E-state index is 0.244. The highest BCUT2D eigenvalue weighted by atomic mass is 16.2. The zero-order chi connectivity index (χ0) is 22.9. The summed E-state index contributed by atoms with van der Waals surface area (Å²) in [5.41, 5.74) is 8.70. The molecular weight excluding hydrogens is 398 g/mol. The highest BCUT2D eigenvalue weighted by Crippen LogP contribution is 2.42. The molecule has 1 aromatic rings. The van der Waals surface area contributed by atoms with Gasteiger partial charge in [-0.2, -0.15) is 0 Å². The van der Waals surface area contributed by atoms with Crippen molar-refractivity contribution in [2.75, 3.05) is 51.2 Å². The normalized spacial score (nSPS) is 25.9. The van der Waals surface area contributed by atoms with Crippen molar-refractivity contribution in [2.24, 2.45) is 23.0 Å². The Morgan fingerprint density at radius 1 is 1.12 bits per heavy atom. The van der Waals surface area contributed by atoms with E-state index in [4.69, 9.17) is 0 Å². The van der Waals surface area contributed by atoms with Crippen LogP contribution in [0, 0.1) is 17.3 Å². The van der Waals surface area contributed by atoms with Crippen LogP contribution in [-0.2, 0) is 6.42 Å². The third-order valence-electron chi connectivity index (χ3n) is 7.55. The fourth-order valence-electron chi connectivity index (χ4n) is 5.94. The predicted molar refractivity (Wildman–Crippen MR) is 132 cm³/mol. The number of nitrogens with zero attached hydrogens (tertiary/aromatic N) is 3. The smallest absolute Gasteiger partial charge is 0.320 e. The molecule has 4 aliphatic heterocycles. The van der Waals surface area contributed by atoms with Gasteiger partial charge >= 0.3 is 6.03 Å². The average molecular weight is 440 g/mol. The summed E-state index contributed by atoms with van der Waals surface area (Å²) in [6, 6.07) is 9.72. The summed E-state index contributed by atoms with van der Waals surface area (Å²) in [4.78, 5) is 19.6. The van der Waals surface area contributed by atoms with Crippen LogP contribution in [-0.4, -0.2) is 68.2 Å². The lowest BCUT2D eigenvalue weighted by Crippen LogP contribution is -2.74. The van der Waals surface area contributed by atoms with Gasteiger partial charge in [0, 0.05) is 62.1 Å². The van der Waals surface area contributed by atoms with Gasteiger partial charge < -0.3 is 25.8 Å². The van der Waals surface area contributed by atoms with E-state index in [1.165, 1.54) is 24.7 Å². The summed E-state index contributed by atoms with van der Waals surface area (Å²) >= 11 is 0. The van der Waals surface area contributed by atoms with Crippen molar-refractivity contribution in [1.82, 2.24) is 15.1 Å². The van der Waals surface area contributed by atoms with Crippen LogP contribution >= 0.6 is 0 Å². The second-order valence-corrected chi connectivity index (χ2v) is 10.6. The second-order valence-electron chi connectivity index (χ2n) is 10.6. The lowest BCUT2D eigenvalue weighted by molar-refractivity contribution is -0.00910. The van der Waals surface area contributed by atoms with Gasteiger partial charge in [0.25, 0.3) is 0 Å². The van der Waals surface area contributed by atoms with Crippen LogP contribution in [0.3, 0.4) is 0 Å². The van der Waals surface area contributed by atoms with E-state index in [2.05, 4.69) is 70.4 Å². The number of hydrogen-bond acceptors (Lipinski definition) is 4. The van der Waals surface area contributed by atoms with Crippen LogP contribution in [0.5, 0.6) is 0 Å². The first-order chi connectivity index (χ1) is 15.4. The van der Waals surface area contributed by atoms with E-state index in [-0.39, 0.29) is 6.03 Å². The number of nitrogens with two attached hydrogens (primary N) is 1. The summed E-state index contributed by atoms with van der Waals surface area (Å²) in [7, 11) is 1.50. The van der Waals surface area contributed by atoms with Crippen LogP contribution in [0.15, 0.2) is 36.5 Å². The van der Waals surface area contributed by atoms with E-state index in [1.807, 2.05) is 0 Å². The summed E-state index contributed by atoms with van der Waals surface area (Å²) in [6.07, 6.45) is 4.57. The molecule has 32 heavy (non-hydrogen) atoms. The van der Waals surface area contributed by atoms with E-state index in [9.17, 15) is 4.79 Å². The van der Waals surface area contributed by atoms with Crippen molar-refractivity contribution >= 4 is 11.7 Å². The molecule has 4 heterocycles. The highest BCUT2D eigenvalue weighted by molar-refractivity contribution is 5.76. The maximum atomic E-state index is 13.0. The SMILES string of the molecule is C=C1CCC2CCN(C(=O)N3CC4(C3)CN(c3ccc(CC(C)C)cc3)C4)CC2N1.CN. The van der Waals surface area contributed by atoms with Crippen molar-refractivity contribution in [3.05, 3.63) is 42.1 Å². The standard InChI is InChI=1S/C25H36N4O.CH5N/c1-18(2)12-20-5-8-22(9-6-20)28-14-25(15-28)16-29(17-25)24(30)27-11-10-21-7-4-19(3)26-23(21)13-27;1-2/h5-6,8-9,18,21,23,26H,3-4,7,10-17H2,1-2H3;2H2,1H3. The third-order valence-corrected chi connectivity index (χ3v) is 7.55. The van der Waals surface area contributed by atoms with E-state index < -0.39 is 0 Å². The molecule has 2 amide bonds. The molecule has 5 rings (SSSR count). The Morgan fingerprint density at radius 3 is 2.47 bits per heavy atom. The number of amides is 2. The number of rotatable bonds is 3. The number of nitrogens with one attached hydrogen (secondary N) is 1. The van der Waals surface area contributed by atoms with E-state index in [1.54, 1.807) is 0 Å². The number of carbonyl (C=O) groups excluding carboxylic acids is 1. The van der Waals surface area contributed by atoms with E-state index >= 15 is 0 Å². The number of likely N-dealkylation sites (tertiary alicyclic amines) is 2. The van der Waals surface area contributed by atoms with Crippen molar-refractivity contribution in [3.8, 4) is 0 Å². The number of benzene rings is 1. The lowest BCUT2D eigenvalue weighted by Gasteiger charge is -2.61. The maximum Gasteiger partial charge on any atom is 0.320 e. The Balaban J connectivity index is 0.00000119. The van der Waals surface area contributed by atoms with Gasteiger partial charge in [0.2, 0.25) is 0 Å². The average Bonchev–Trinajstić information content (AvgIpc) is 2.73. The molecule has 0 bridgehead atoms. The molecule has 176 valence electrons. The number of urea groups is 1. The second kappa shape index (κ2) is 9.34. The largest absolute Gasteiger partial charge is 0.384 e. The molecule has 4 saturated heterocycles.